The third-order valence-corrected chi connectivity index (χ3v) is 6.83. The van der Waals surface area contributed by atoms with Gasteiger partial charge in [0, 0.05) is 45.4 Å². The first-order chi connectivity index (χ1) is 19.8. The van der Waals surface area contributed by atoms with E-state index in [2.05, 4.69) is 11.8 Å². The maximum atomic E-state index is 12.8. The number of likely N-dealkylation sites (tertiary alicyclic amines) is 1. The normalized spacial score (nSPS) is 20.8. The Bertz CT molecular complexity index is 760. The molecular weight excluding hydrogens is 530 g/mol. The molecule has 238 valence electrons. The monoisotopic (exact) mass is 585 g/mol. The Morgan fingerprint density at radius 2 is 1.15 bits per heavy atom. The summed E-state index contributed by atoms with van der Waals surface area (Å²) in [6.07, 6.45) is 5.32. The maximum absolute atomic E-state index is 12.8. The van der Waals surface area contributed by atoms with Gasteiger partial charge in [0.25, 0.3) is 0 Å². The third kappa shape index (κ3) is 15.0. The molecule has 0 spiro atoms. The lowest BCUT2D eigenvalue weighted by atomic mass is 9.92. The second-order valence-electron chi connectivity index (χ2n) is 10.7. The molecule has 0 radical (unpaired) electrons. The van der Waals surface area contributed by atoms with Crippen LogP contribution in [0.2, 0.25) is 0 Å². The number of carbonyl (C=O) groups excluding carboxylic acids is 4. The molecule has 0 amide bonds. The van der Waals surface area contributed by atoms with Crippen LogP contribution in [0.25, 0.3) is 0 Å². The van der Waals surface area contributed by atoms with E-state index in [0.29, 0.717) is 32.2 Å². The van der Waals surface area contributed by atoms with Crippen molar-refractivity contribution in [3.8, 4) is 0 Å². The summed E-state index contributed by atoms with van der Waals surface area (Å²) in [4.78, 5) is 52.5. The molecular formula is C31H55NO9. The van der Waals surface area contributed by atoms with Gasteiger partial charge in [0.1, 0.15) is 6.61 Å². The van der Waals surface area contributed by atoms with E-state index >= 15 is 0 Å². The summed E-state index contributed by atoms with van der Waals surface area (Å²) in [5, 5.41) is 0. The fourth-order valence-corrected chi connectivity index (χ4v) is 4.79. The van der Waals surface area contributed by atoms with Crippen molar-refractivity contribution in [1.29, 1.82) is 0 Å². The number of hydrogen-bond donors (Lipinski definition) is 0. The van der Waals surface area contributed by atoms with E-state index in [1.807, 2.05) is 27.7 Å². The summed E-state index contributed by atoms with van der Waals surface area (Å²) in [5.41, 5.74) is 0. The minimum absolute atomic E-state index is 0.0226. The van der Waals surface area contributed by atoms with Gasteiger partial charge in [0.05, 0.1) is 6.04 Å². The van der Waals surface area contributed by atoms with Gasteiger partial charge < -0.3 is 23.7 Å². The van der Waals surface area contributed by atoms with Crippen LogP contribution in [0.1, 0.15) is 118 Å². The van der Waals surface area contributed by atoms with E-state index in [1.54, 1.807) is 0 Å². The molecule has 0 aromatic heterocycles. The van der Waals surface area contributed by atoms with Crippen LogP contribution >= 0.6 is 0 Å². The van der Waals surface area contributed by atoms with Crippen LogP contribution in [-0.4, -0.2) is 86.0 Å². The lowest BCUT2D eigenvalue weighted by Crippen LogP contribution is -2.65. The molecule has 0 aromatic carbocycles. The molecule has 1 aliphatic rings. The number of unbranched alkanes of at least 4 members (excludes halogenated alkanes) is 3. The summed E-state index contributed by atoms with van der Waals surface area (Å²) >= 11 is 0. The lowest BCUT2D eigenvalue weighted by molar-refractivity contribution is -0.210. The van der Waals surface area contributed by atoms with E-state index in [0.717, 1.165) is 45.3 Å². The molecule has 0 saturated carbocycles. The summed E-state index contributed by atoms with van der Waals surface area (Å²) in [5.74, 6) is -1.63. The van der Waals surface area contributed by atoms with Crippen molar-refractivity contribution in [2.45, 2.75) is 142 Å². The number of piperidine rings is 1. The molecule has 1 rings (SSSR count). The molecule has 4 atom stereocenters. The first-order valence-electron chi connectivity index (χ1n) is 15.9. The van der Waals surface area contributed by atoms with Gasteiger partial charge in [-0.15, -0.1) is 0 Å². The fourth-order valence-electron chi connectivity index (χ4n) is 4.79. The number of esters is 4. The standard InChI is InChI=1S/C31H55NO9/c1-6-15-26(33)38-23-24-30(40-28(35)17-8-3)31(41-29(36)18-9-4)25(39-27(34)16-7-2)22-32(24)19-13-11-12-14-21-37-20-10-5/h24-25,30-31H,6-23H2,1-5H3/t24-,25+,30-,31-/m1/s1. The molecule has 0 bridgehead atoms. The van der Waals surface area contributed by atoms with Crippen molar-refractivity contribution in [3.63, 3.8) is 0 Å². The Hall–Kier alpha value is -2.20. The van der Waals surface area contributed by atoms with Crippen LogP contribution in [0.3, 0.4) is 0 Å². The molecule has 0 N–H and O–H groups in total. The zero-order chi connectivity index (χ0) is 30.5. The predicted molar refractivity (Wildman–Crippen MR) is 155 cm³/mol. The highest BCUT2D eigenvalue weighted by Crippen LogP contribution is 2.29. The van der Waals surface area contributed by atoms with Crippen molar-refractivity contribution in [2.75, 3.05) is 32.9 Å². The van der Waals surface area contributed by atoms with Crippen molar-refractivity contribution in [3.05, 3.63) is 0 Å². The van der Waals surface area contributed by atoms with Crippen LogP contribution in [0.5, 0.6) is 0 Å². The lowest BCUT2D eigenvalue weighted by Gasteiger charge is -2.47. The Balaban J connectivity index is 3.24. The van der Waals surface area contributed by atoms with Gasteiger partial charge in [-0.3, -0.25) is 24.1 Å². The molecule has 10 heteroatoms. The highest BCUT2D eigenvalue weighted by atomic mass is 16.6. The predicted octanol–water partition coefficient (Wildman–Crippen LogP) is 5.14. The fraction of sp³-hybridized carbons (Fsp3) is 0.871. The summed E-state index contributed by atoms with van der Waals surface area (Å²) in [6, 6.07) is -0.551. The molecule has 0 aromatic rings. The smallest absolute Gasteiger partial charge is 0.306 e. The number of nitrogens with zero attached hydrogens (tertiary/aromatic N) is 1. The van der Waals surface area contributed by atoms with E-state index in [4.69, 9.17) is 23.7 Å². The molecule has 1 saturated heterocycles. The molecule has 1 fully saturated rings. The first kappa shape index (κ1) is 36.8. The van der Waals surface area contributed by atoms with Crippen molar-refractivity contribution in [1.82, 2.24) is 4.90 Å². The van der Waals surface area contributed by atoms with Crippen LogP contribution in [0.4, 0.5) is 0 Å². The molecule has 1 heterocycles. The maximum Gasteiger partial charge on any atom is 0.306 e. The first-order valence-corrected chi connectivity index (χ1v) is 15.9. The Labute approximate surface area is 247 Å². The molecule has 41 heavy (non-hydrogen) atoms. The molecule has 0 unspecified atom stereocenters. The number of carbonyl (C=O) groups is 4. The number of hydrogen-bond acceptors (Lipinski definition) is 10. The third-order valence-electron chi connectivity index (χ3n) is 6.83. The zero-order valence-corrected chi connectivity index (χ0v) is 26.2. The Kier molecular flexibility index (Phi) is 20.1. The SMILES string of the molecule is CCCOCCCCCCN1C[C@H](OC(=O)CCC)[C@@H](OC(=O)CCC)[C@H](OC(=O)CCC)[C@H]1COC(=O)CCC. The van der Waals surface area contributed by atoms with E-state index in [1.165, 1.54) is 0 Å². The minimum Gasteiger partial charge on any atom is -0.464 e. The van der Waals surface area contributed by atoms with Crippen LogP contribution in [-0.2, 0) is 42.9 Å². The van der Waals surface area contributed by atoms with Crippen LogP contribution < -0.4 is 0 Å². The van der Waals surface area contributed by atoms with Gasteiger partial charge in [-0.1, -0.05) is 47.5 Å². The van der Waals surface area contributed by atoms with Gasteiger partial charge in [0.15, 0.2) is 18.3 Å². The summed E-state index contributed by atoms with van der Waals surface area (Å²) in [6.45, 7) is 12.0. The van der Waals surface area contributed by atoms with Gasteiger partial charge >= 0.3 is 23.9 Å². The summed E-state index contributed by atoms with van der Waals surface area (Å²) in [7, 11) is 0. The van der Waals surface area contributed by atoms with Crippen molar-refractivity contribution in [2.24, 2.45) is 0 Å². The Morgan fingerprint density at radius 1 is 0.610 bits per heavy atom. The van der Waals surface area contributed by atoms with E-state index < -0.39 is 42.3 Å². The quantitative estimate of drug-likeness (QED) is 0.0960. The minimum atomic E-state index is -1.00. The van der Waals surface area contributed by atoms with Crippen molar-refractivity contribution < 1.29 is 42.9 Å². The highest BCUT2D eigenvalue weighted by Gasteiger charge is 2.50. The van der Waals surface area contributed by atoms with Gasteiger partial charge in [-0.2, -0.15) is 0 Å². The van der Waals surface area contributed by atoms with Gasteiger partial charge in [-0.25, -0.2) is 0 Å². The number of ether oxygens (including phenoxy) is 5. The second-order valence-corrected chi connectivity index (χ2v) is 10.7. The largest absolute Gasteiger partial charge is 0.464 e. The van der Waals surface area contributed by atoms with Gasteiger partial charge in [-0.05, 0) is 51.5 Å². The molecule has 0 aliphatic carbocycles. The Morgan fingerprint density at radius 3 is 1.73 bits per heavy atom. The zero-order valence-electron chi connectivity index (χ0n) is 26.2. The van der Waals surface area contributed by atoms with E-state index in [-0.39, 0.29) is 44.8 Å². The molecule has 10 nitrogen and oxygen atoms in total. The highest BCUT2D eigenvalue weighted by molar-refractivity contribution is 5.72. The van der Waals surface area contributed by atoms with Crippen molar-refractivity contribution >= 4 is 23.9 Å². The van der Waals surface area contributed by atoms with Crippen LogP contribution in [0, 0.1) is 0 Å². The molecule has 1 aliphatic heterocycles. The van der Waals surface area contributed by atoms with Crippen LogP contribution in [0.15, 0.2) is 0 Å². The van der Waals surface area contributed by atoms with E-state index in [9.17, 15) is 19.2 Å². The summed E-state index contributed by atoms with van der Waals surface area (Å²) < 4.78 is 28.9. The second kappa shape index (κ2) is 22.4. The average molecular weight is 586 g/mol. The average Bonchev–Trinajstić information content (AvgIpc) is 2.92. The van der Waals surface area contributed by atoms with Gasteiger partial charge in [0.2, 0.25) is 0 Å². The number of rotatable bonds is 22. The topological polar surface area (TPSA) is 118 Å².